The van der Waals surface area contributed by atoms with Gasteiger partial charge in [-0.05, 0) is 60.0 Å². The van der Waals surface area contributed by atoms with Crippen LogP contribution in [0.25, 0.3) is 38.8 Å². The first-order chi connectivity index (χ1) is 16.7. The predicted octanol–water partition coefficient (Wildman–Crippen LogP) is 4.12. The van der Waals surface area contributed by atoms with Crippen molar-refractivity contribution in [2.75, 3.05) is 0 Å². The molecule has 5 rings (SSSR count). The Kier molecular flexibility index (Phi) is 5.44. The maximum Gasteiger partial charge on any atom is 0.320 e. The molecule has 0 radical (unpaired) electrons. The van der Waals surface area contributed by atoms with Crippen LogP contribution in [0.4, 0.5) is 0 Å². The molecule has 35 heavy (non-hydrogen) atoms. The van der Waals surface area contributed by atoms with Gasteiger partial charge in [-0.25, -0.2) is 5.14 Å². The molecule has 2 N–H and O–H groups in total. The first kappa shape index (κ1) is 22.8. The summed E-state index contributed by atoms with van der Waals surface area (Å²) in [5, 5.41) is 16.3. The number of aryl methyl sites for hydroxylation is 2. The van der Waals surface area contributed by atoms with Gasteiger partial charge in [-0.3, -0.25) is 9.55 Å². The van der Waals surface area contributed by atoms with Gasteiger partial charge in [-0.2, -0.15) is 13.7 Å². The summed E-state index contributed by atoms with van der Waals surface area (Å²) in [7, 11) is -2.53. The van der Waals surface area contributed by atoms with Crippen LogP contribution >= 0.6 is 11.6 Å². The molecule has 0 aliphatic carbocycles. The quantitative estimate of drug-likeness (QED) is 0.399. The molecular weight excluding hydrogens is 484 g/mol. The zero-order valence-electron chi connectivity index (χ0n) is 18.8. The lowest BCUT2D eigenvalue weighted by molar-refractivity contribution is 0.596. The van der Waals surface area contributed by atoms with Gasteiger partial charge in [-0.1, -0.05) is 35.9 Å². The molecule has 0 spiro atoms. The Morgan fingerprint density at radius 1 is 1.06 bits per heavy atom. The monoisotopic (exact) mass is 502 g/mol. The molecule has 0 aliphatic rings. The Bertz CT molecular complexity index is 1860. The molecule has 0 aliphatic heterocycles. The molecule has 0 unspecified atom stereocenters. The van der Waals surface area contributed by atoms with Crippen LogP contribution in [0.2, 0.25) is 5.02 Å². The summed E-state index contributed by atoms with van der Waals surface area (Å²) in [4.78, 5) is 4.59. The highest BCUT2D eigenvalue weighted by Gasteiger charge is 2.19. The summed E-state index contributed by atoms with van der Waals surface area (Å²) in [6, 6.07) is 20.7. The van der Waals surface area contributed by atoms with E-state index in [2.05, 4.69) is 15.5 Å². The normalized spacial score (nSPS) is 12.4. The second-order valence-electron chi connectivity index (χ2n) is 8.14. The Morgan fingerprint density at radius 2 is 1.77 bits per heavy atom. The second-order valence-corrected chi connectivity index (χ2v) is 9.79. The van der Waals surface area contributed by atoms with E-state index in [1.54, 1.807) is 34.5 Å². The van der Waals surface area contributed by atoms with Gasteiger partial charge >= 0.3 is 10.2 Å². The summed E-state index contributed by atoms with van der Waals surface area (Å²) >= 11 is 6.06. The fraction of sp³-hybridized carbons (Fsp3) is 0.0800. The molecule has 0 atom stereocenters. The van der Waals surface area contributed by atoms with Crippen LogP contribution in [0, 0.1) is 18.3 Å². The lowest BCUT2D eigenvalue weighted by Crippen LogP contribution is -2.27. The van der Waals surface area contributed by atoms with E-state index in [4.69, 9.17) is 16.7 Å². The van der Waals surface area contributed by atoms with Gasteiger partial charge in [0.2, 0.25) is 5.62 Å². The highest BCUT2D eigenvalue weighted by molar-refractivity contribution is 7.87. The van der Waals surface area contributed by atoms with Crippen molar-refractivity contribution in [3.8, 4) is 22.9 Å². The molecule has 5 aromatic rings. The largest absolute Gasteiger partial charge is 0.320 e. The number of nitriles is 1. The van der Waals surface area contributed by atoms with Crippen LogP contribution in [0.5, 0.6) is 0 Å². The zero-order chi connectivity index (χ0) is 24.9. The minimum Gasteiger partial charge on any atom is -0.311 e. The molecule has 8 nitrogen and oxygen atoms in total. The molecular formula is C25H19ClN6O2S. The topological polar surface area (TPSA) is 119 Å². The van der Waals surface area contributed by atoms with Crippen molar-refractivity contribution in [2.45, 2.75) is 6.92 Å². The molecule has 0 bridgehead atoms. The van der Waals surface area contributed by atoms with Gasteiger partial charge in [0.25, 0.3) is 0 Å². The highest BCUT2D eigenvalue weighted by atomic mass is 35.5. The van der Waals surface area contributed by atoms with Crippen molar-refractivity contribution in [3.63, 3.8) is 0 Å². The van der Waals surface area contributed by atoms with Crippen LogP contribution in [0.3, 0.4) is 0 Å². The minimum absolute atomic E-state index is 0.0897. The summed E-state index contributed by atoms with van der Waals surface area (Å²) < 4.78 is 31.3. The Labute approximate surface area is 206 Å². The van der Waals surface area contributed by atoms with Gasteiger partial charge in [0.1, 0.15) is 0 Å². The third-order valence-electron chi connectivity index (χ3n) is 5.87. The van der Waals surface area contributed by atoms with Crippen molar-refractivity contribution in [1.82, 2.24) is 14.1 Å². The number of halogens is 1. The number of rotatable bonds is 3. The van der Waals surface area contributed by atoms with E-state index in [1.807, 2.05) is 55.5 Å². The fourth-order valence-corrected chi connectivity index (χ4v) is 4.75. The predicted molar refractivity (Wildman–Crippen MR) is 136 cm³/mol. The van der Waals surface area contributed by atoms with Gasteiger partial charge in [0.15, 0.2) is 0 Å². The van der Waals surface area contributed by atoms with Crippen molar-refractivity contribution < 1.29 is 8.42 Å². The molecule has 2 aromatic heterocycles. The Morgan fingerprint density at radius 3 is 2.46 bits per heavy atom. The average molecular weight is 503 g/mol. The van der Waals surface area contributed by atoms with Crippen LogP contribution in [-0.2, 0) is 17.3 Å². The van der Waals surface area contributed by atoms with E-state index in [1.165, 1.54) is 0 Å². The van der Waals surface area contributed by atoms with Crippen molar-refractivity contribution in [2.24, 2.45) is 16.6 Å². The molecule has 0 amide bonds. The highest BCUT2D eigenvalue weighted by Crippen LogP contribution is 2.31. The van der Waals surface area contributed by atoms with Crippen LogP contribution < -0.4 is 10.8 Å². The molecule has 3 aromatic carbocycles. The van der Waals surface area contributed by atoms with E-state index < -0.39 is 10.2 Å². The lowest BCUT2D eigenvalue weighted by atomic mass is 10.0. The SMILES string of the molecule is Cc1ccc(C#N)cc1-n1/c(=N/S(N)(=O)=O)n(C)c2cnc3ccc(-c4ccc(Cl)cc4)cc3c21. The second kappa shape index (κ2) is 8.36. The molecule has 0 saturated carbocycles. The number of hydrogen-bond acceptors (Lipinski definition) is 4. The molecule has 0 fully saturated rings. The van der Waals surface area contributed by atoms with Gasteiger partial charge in [0, 0.05) is 17.5 Å². The first-order valence-corrected chi connectivity index (χ1v) is 12.4. The van der Waals surface area contributed by atoms with Crippen molar-refractivity contribution >= 4 is 43.7 Å². The maximum absolute atomic E-state index is 12.1. The molecule has 10 heteroatoms. The summed E-state index contributed by atoms with van der Waals surface area (Å²) in [6.07, 6.45) is 1.67. The number of benzene rings is 3. The van der Waals surface area contributed by atoms with Gasteiger partial charge in [0.05, 0.1) is 40.1 Å². The number of hydrogen-bond donors (Lipinski definition) is 1. The summed E-state index contributed by atoms with van der Waals surface area (Å²) in [5.74, 6) is 0. The van der Waals surface area contributed by atoms with E-state index in [-0.39, 0.29) is 5.62 Å². The molecule has 174 valence electrons. The standard InChI is InChI=1S/C25H19ClN6O2S/c1-15-3-4-16(13-27)11-22(15)32-24-20-12-18(17-5-8-19(26)9-6-17)7-10-21(20)29-14-23(24)31(2)25(32)30-35(28,33)34/h3-12,14H,1-2H3,(H2,28,33,34)/b30-25+. The smallest absolute Gasteiger partial charge is 0.311 e. The van der Waals surface area contributed by atoms with E-state index in [0.29, 0.717) is 32.8 Å². The fourth-order valence-electron chi connectivity index (χ4n) is 4.19. The van der Waals surface area contributed by atoms with Crippen LogP contribution in [0.15, 0.2) is 71.3 Å². The average Bonchev–Trinajstić information content (AvgIpc) is 3.10. The number of nitrogens with two attached hydrogens (primary N) is 1. The van der Waals surface area contributed by atoms with Gasteiger partial charge in [-0.15, -0.1) is 4.40 Å². The molecule has 0 saturated heterocycles. The zero-order valence-corrected chi connectivity index (χ0v) is 20.3. The van der Waals surface area contributed by atoms with E-state index >= 15 is 0 Å². The number of imidazole rings is 1. The maximum atomic E-state index is 12.1. The minimum atomic E-state index is -4.23. The Hall–Kier alpha value is -3.97. The van der Waals surface area contributed by atoms with Crippen LogP contribution in [0.1, 0.15) is 11.1 Å². The number of aromatic nitrogens is 3. The Balaban J connectivity index is 1.98. The summed E-state index contributed by atoms with van der Waals surface area (Å²) in [5.41, 5.74) is 5.91. The van der Waals surface area contributed by atoms with E-state index in [0.717, 1.165) is 22.1 Å². The number of nitrogens with zero attached hydrogens (tertiary/aromatic N) is 5. The number of pyridine rings is 1. The van der Waals surface area contributed by atoms with E-state index in [9.17, 15) is 13.7 Å². The number of fused-ring (bicyclic) bond motifs is 3. The first-order valence-electron chi connectivity index (χ1n) is 10.5. The third-order valence-corrected chi connectivity index (χ3v) is 6.54. The summed E-state index contributed by atoms with van der Waals surface area (Å²) in [6.45, 7) is 1.88. The third kappa shape index (κ3) is 4.08. The van der Waals surface area contributed by atoms with Gasteiger partial charge < -0.3 is 4.57 Å². The van der Waals surface area contributed by atoms with Crippen LogP contribution in [-0.4, -0.2) is 22.5 Å². The lowest BCUT2D eigenvalue weighted by Gasteiger charge is -2.11. The van der Waals surface area contributed by atoms with Crippen molar-refractivity contribution in [3.05, 3.63) is 88.6 Å². The molecule has 2 heterocycles. The van der Waals surface area contributed by atoms with Crippen molar-refractivity contribution in [1.29, 1.82) is 5.26 Å².